The summed E-state index contributed by atoms with van der Waals surface area (Å²) in [6, 6.07) is 0. The topological polar surface area (TPSA) is 80.9 Å². The molecule has 1 heterocycles. The van der Waals surface area contributed by atoms with Crippen molar-refractivity contribution in [3.05, 3.63) is 32.6 Å². The molecular formula is C10H15N3O2S. The summed E-state index contributed by atoms with van der Waals surface area (Å²) in [7, 11) is 0. The number of rotatable bonds is 5. The Morgan fingerprint density at radius 3 is 2.81 bits per heavy atom. The van der Waals surface area contributed by atoms with E-state index < -0.39 is 0 Å². The van der Waals surface area contributed by atoms with Gasteiger partial charge in [-0.3, -0.25) is 9.78 Å². The van der Waals surface area contributed by atoms with Gasteiger partial charge in [-0.2, -0.15) is 0 Å². The first kappa shape index (κ1) is 12.6. The average molecular weight is 241 g/mol. The minimum Gasteiger partial charge on any atom is -0.393 e. The number of nitrogens with zero attached hydrogens (tertiary/aromatic N) is 1. The van der Waals surface area contributed by atoms with Gasteiger partial charge in [0.25, 0.3) is 5.56 Å². The normalized spacial score (nSPS) is 10.3. The molecule has 0 atom stereocenters. The molecule has 0 spiro atoms. The van der Waals surface area contributed by atoms with Crippen LogP contribution in [0.2, 0.25) is 0 Å². The first-order valence-electron chi connectivity index (χ1n) is 5.15. The fourth-order valence-electron chi connectivity index (χ4n) is 1.40. The Bertz CT molecular complexity index is 490. The van der Waals surface area contributed by atoms with Crippen LogP contribution >= 0.6 is 12.2 Å². The molecule has 0 bridgehead atoms. The highest BCUT2D eigenvalue weighted by atomic mass is 32.1. The molecule has 0 aliphatic rings. The molecular weight excluding hydrogens is 226 g/mol. The maximum Gasteiger partial charge on any atom is 0.328 e. The number of thiocarbonyl (C=S) groups is 1. The van der Waals surface area contributed by atoms with Crippen molar-refractivity contribution in [1.82, 2.24) is 9.55 Å². The summed E-state index contributed by atoms with van der Waals surface area (Å²) in [4.78, 5) is 25.4. The molecule has 3 N–H and O–H groups in total. The number of H-pyrrole nitrogens is 1. The fraction of sp³-hybridized carbons (Fsp3) is 0.500. The lowest BCUT2D eigenvalue weighted by Crippen LogP contribution is -2.31. The van der Waals surface area contributed by atoms with E-state index in [4.69, 9.17) is 18.0 Å². The summed E-state index contributed by atoms with van der Waals surface area (Å²) in [6.07, 6.45) is 3.50. The highest BCUT2D eigenvalue weighted by Crippen LogP contribution is 1.94. The maximum atomic E-state index is 11.4. The van der Waals surface area contributed by atoms with Gasteiger partial charge in [-0.25, -0.2) is 4.79 Å². The number of hydrogen-bond acceptors (Lipinski definition) is 3. The van der Waals surface area contributed by atoms with E-state index in [2.05, 4.69) is 4.98 Å². The SMILES string of the molecule is CCc1cn(CCCC(N)=S)c(=O)[nH]c1=O. The average Bonchev–Trinajstić information content (AvgIpc) is 2.20. The van der Waals surface area contributed by atoms with E-state index in [1.54, 1.807) is 6.20 Å². The zero-order valence-corrected chi connectivity index (χ0v) is 9.97. The van der Waals surface area contributed by atoms with E-state index in [1.165, 1.54) is 4.57 Å². The van der Waals surface area contributed by atoms with Gasteiger partial charge in [0.15, 0.2) is 0 Å². The molecule has 1 rings (SSSR count). The molecule has 0 fully saturated rings. The second-order valence-electron chi connectivity index (χ2n) is 3.53. The number of aromatic amines is 1. The van der Waals surface area contributed by atoms with Gasteiger partial charge in [0.2, 0.25) is 0 Å². The number of hydrogen-bond donors (Lipinski definition) is 2. The highest BCUT2D eigenvalue weighted by molar-refractivity contribution is 7.80. The molecule has 0 unspecified atom stereocenters. The molecule has 0 aliphatic heterocycles. The quantitative estimate of drug-likeness (QED) is 0.720. The van der Waals surface area contributed by atoms with Crippen molar-refractivity contribution >= 4 is 17.2 Å². The molecule has 0 aliphatic carbocycles. The summed E-state index contributed by atoms with van der Waals surface area (Å²) >= 11 is 4.75. The second-order valence-corrected chi connectivity index (χ2v) is 4.05. The zero-order valence-electron chi connectivity index (χ0n) is 9.16. The van der Waals surface area contributed by atoms with E-state index in [0.29, 0.717) is 36.4 Å². The van der Waals surface area contributed by atoms with Crippen LogP contribution in [0.25, 0.3) is 0 Å². The number of nitrogens with one attached hydrogen (secondary N) is 1. The fourth-order valence-corrected chi connectivity index (χ4v) is 1.54. The molecule has 1 aromatic rings. The van der Waals surface area contributed by atoms with Crippen LogP contribution in [0.3, 0.4) is 0 Å². The minimum atomic E-state index is -0.384. The summed E-state index contributed by atoms with van der Waals surface area (Å²) in [6.45, 7) is 2.38. The number of aryl methyl sites for hydroxylation is 2. The Kier molecular flexibility index (Phi) is 4.42. The molecule has 0 saturated carbocycles. The third-order valence-corrected chi connectivity index (χ3v) is 2.49. The summed E-state index contributed by atoms with van der Waals surface area (Å²) < 4.78 is 1.48. The van der Waals surface area contributed by atoms with Gasteiger partial charge >= 0.3 is 5.69 Å². The van der Waals surface area contributed by atoms with Crippen LogP contribution in [0.1, 0.15) is 25.3 Å². The first-order chi connectivity index (χ1) is 7.54. The van der Waals surface area contributed by atoms with Gasteiger partial charge in [-0.05, 0) is 19.3 Å². The summed E-state index contributed by atoms with van der Waals surface area (Å²) in [5.74, 6) is 0. The van der Waals surface area contributed by atoms with Crippen LogP contribution in [-0.4, -0.2) is 14.5 Å². The lowest BCUT2D eigenvalue weighted by Gasteiger charge is -2.05. The van der Waals surface area contributed by atoms with Crippen molar-refractivity contribution < 1.29 is 0 Å². The molecule has 0 aromatic carbocycles. The van der Waals surface area contributed by atoms with Crippen LogP contribution in [-0.2, 0) is 13.0 Å². The molecule has 0 saturated heterocycles. The Labute approximate surface area is 98.3 Å². The molecule has 5 nitrogen and oxygen atoms in total. The van der Waals surface area contributed by atoms with Gasteiger partial charge in [0.1, 0.15) is 0 Å². The molecule has 1 aromatic heterocycles. The molecule has 0 amide bonds. The predicted octanol–water partition coefficient (Wildman–Crippen LogP) is 0.165. The van der Waals surface area contributed by atoms with Crippen molar-refractivity contribution in [3.8, 4) is 0 Å². The third-order valence-electron chi connectivity index (χ3n) is 2.29. The Morgan fingerprint density at radius 2 is 2.25 bits per heavy atom. The summed E-state index contributed by atoms with van der Waals surface area (Å²) in [5.41, 5.74) is 5.28. The minimum absolute atomic E-state index is 0.307. The van der Waals surface area contributed by atoms with Gasteiger partial charge in [0, 0.05) is 18.3 Å². The maximum absolute atomic E-state index is 11.4. The van der Waals surface area contributed by atoms with Crippen LogP contribution in [0, 0.1) is 0 Å². The molecule has 6 heteroatoms. The van der Waals surface area contributed by atoms with Crippen LogP contribution in [0.4, 0.5) is 0 Å². The first-order valence-corrected chi connectivity index (χ1v) is 5.56. The van der Waals surface area contributed by atoms with E-state index >= 15 is 0 Å². The monoisotopic (exact) mass is 241 g/mol. The van der Waals surface area contributed by atoms with Crippen molar-refractivity contribution in [2.75, 3.05) is 0 Å². The van der Waals surface area contributed by atoms with Gasteiger partial charge in [-0.1, -0.05) is 19.1 Å². The Balaban J connectivity index is 2.84. The van der Waals surface area contributed by atoms with Gasteiger partial charge in [-0.15, -0.1) is 0 Å². The number of nitrogens with two attached hydrogens (primary N) is 1. The third kappa shape index (κ3) is 3.30. The van der Waals surface area contributed by atoms with E-state index in [1.807, 2.05) is 6.92 Å². The van der Waals surface area contributed by atoms with Crippen LogP contribution in [0.15, 0.2) is 15.8 Å². The Hall–Kier alpha value is -1.43. The lowest BCUT2D eigenvalue weighted by molar-refractivity contribution is 0.611. The van der Waals surface area contributed by atoms with Crippen molar-refractivity contribution in [3.63, 3.8) is 0 Å². The second kappa shape index (κ2) is 5.60. The van der Waals surface area contributed by atoms with Crippen molar-refractivity contribution in [2.45, 2.75) is 32.7 Å². The Morgan fingerprint density at radius 1 is 1.56 bits per heavy atom. The number of aromatic nitrogens is 2. The summed E-state index contributed by atoms with van der Waals surface area (Å²) in [5, 5.41) is 0. The highest BCUT2D eigenvalue weighted by Gasteiger charge is 2.02. The van der Waals surface area contributed by atoms with E-state index in [9.17, 15) is 9.59 Å². The standard InChI is InChI=1S/C10H15N3O2S/c1-2-7-6-13(5-3-4-8(11)16)10(15)12-9(7)14/h6H,2-5H2,1H3,(H2,11,16)(H,12,14,15). The van der Waals surface area contributed by atoms with E-state index in [-0.39, 0.29) is 11.2 Å². The van der Waals surface area contributed by atoms with Gasteiger partial charge in [0.05, 0.1) is 4.99 Å². The van der Waals surface area contributed by atoms with Gasteiger partial charge < -0.3 is 10.3 Å². The lowest BCUT2D eigenvalue weighted by atomic mass is 10.2. The molecule has 0 radical (unpaired) electrons. The largest absolute Gasteiger partial charge is 0.393 e. The molecule has 88 valence electrons. The van der Waals surface area contributed by atoms with E-state index in [0.717, 1.165) is 0 Å². The van der Waals surface area contributed by atoms with Crippen LogP contribution in [0.5, 0.6) is 0 Å². The molecule has 16 heavy (non-hydrogen) atoms. The van der Waals surface area contributed by atoms with Crippen LogP contribution < -0.4 is 17.0 Å². The smallest absolute Gasteiger partial charge is 0.328 e. The predicted molar refractivity (Wildman–Crippen MR) is 66.7 cm³/mol. The van der Waals surface area contributed by atoms with Crippen molar-refractivity contribution in [1.29, 1.82) is 0 Å². The van der Waals surface area contributed by atoms with Crippen molar-refractivity contribution in [2.24, 2.45) is 5.73 Å². The zero-order chi connectivity index (χ0) is 12.1.